The summed E-state index contributed by atoms with van der Waals surface area (Å²) in [6, 6.07) is 20.9. The Morgan fingerprint density at radius 2 is 1.20 bits per heavy atom. The summed E-state index contributed by atoms with van der Waals surface area (Å²) in [5, 5.41) is 13.7. The summed E-state index contributed by atoms with van der Waals surface area (Å²) in [7, 11) is 0. The molecular weight excluding hydrogens is 912 g/mol. The van der Waals surface area contributed by atoms with Crippen LogP contribution < -0.4 is 32.4 Å². The first-order valence-corrected chi connectivity index (χ1v) is 24.2. The molecule has 69 heavy (non-hydrogen) atoms. The fourth-order valence-electron chi connectivity index (χ4n) is 9.52. The van der Waals surface area contributed by atoms with Gasteiger partial charge in [0.25, 0.3) is 22.9 Å². The molecule has 2 amide bonds. The van der Waals surface area contributed by atoms with Crippen molar-refractivity contribution in [2.45, 2.75) is 97.3 Å². The minimum absolute atomic E-state index is 0.00930. The van der Waals surface area contributed by atoms with Crippen LogP contribution in [0.5, 0.6) is 0 Å². The summed E-state index contributed by atoms with van der Waals surface area (Å²) in [6.07, 6.45) is 11.5. The monoisotopic (exact) mass is 960 g/mol. The third-order valence-corrected chi connectivity index (χ3v) is 14.3. The van der Waals surface area contributed by atoms with Crippen LogP contribution in [0.15, 0.2) is 101 Å². The first-order chi connectivity index (χ1) is 33.3. The summed E-state index contributed by atoms with van der Waals surface area (Å²) < 4.78 is 6.97. The number of fused-ring (bicyclic) bond motifs is 2. The molecule has 8 aromatic rings. The van der Waals surface area contributed by atoms with Crippen molar-refractivity contribution in [2.75, 3.05) is 10.6 Å². The molecule has 2 atom stereocenters. The number of hydrogen-bond acceptors (Lipinski definition) is 8. The molecule has 3 saturated carbocycles. The molecule has 0 aliphatic heterocycles. The van der Waals surface area contributed by atoms with Crippen LogP contribution >= 0.6 is 23.2 Å². The highest BCUT2D eigenvalue weighted by atomic mass is 35.5. The Hall–Kier alpha value is -7.16. The maximum atomic E-state index is 14.3. The van der Waals surface area contributed by atoms with Gasteiger partial charge in [-0.3, -0.25) is 19.2 Å². The molecule has 4 heterocycles. The minimum Gasteiger partial charge on any atom is -0.353 e. The van der Waals surface area contributed by atoms with E-state index < -0.39 is 0 Å². The van der Waals surface area contributed by atoms with E-state index in [-0.39, 0.29) is 47.0 Å². The van der Waals surface area contributed by atoms with Crippen molar-refractivity contribution < 1.29 is 9.59 Å². The lowest BCUT2D eigenvalue weighted by atomic mass is 9.97. The molecule has 2 unspecified atom stereocenters. The van der Waals surface area contributed by atoms with Crippen LogP contribution in [-0.2, 0) is 6.54 Å². The molecule has 0 saturated heterocycles. The van der Waals surface area contributed by atoms with E-state index >= 15 is 0 Å². The molecular formula is C53H50Cl2N10O4. The second-order valence-corrected chi connectivity index (χ2v) is 19.6. The molecule has 3 aliphatic carbocycles. The first-order valence-electron chi connectivity index (χ1n) is 23.4. The average molecular weight is 962 g/mol. The number of rotatable bonds is 13. The smallest absolute Gasteiger partial charge is 0.277 e. The Balaban J connectivity index is 0.809. The Kier molecular flexibility index (Phi) is 11.0. The fraction of sp³-hybridized carbons (Fsp3) is 0.283. The third kappa shape index (κ3) is 8.14. The molecule has 14 nitrogen and oxygen atoms in total. The van der Waals surface area contributed by atoms with Crippen molar-refractivity contribution in [3.63, 3.8) is 0 Å². The van der Waals surface area contributed by atoms with Crippen LogP contribution in [0.1, 0.15) is 99.5 Å². The summed E-state index contributed by atoms with van der Waals surface area (Å²) in [4.78, 5) is 64.3. The van der Waals surface area contributed by atoms with Gasteiger partial charge in [-0.05, 0) is 137 Å². The number of anilines is 4. The van der Waals surface area contributed by atoms with E-state index in [0.717, 1.165) is 70.4 Å². The molecule has 11 rings (SSSR count). The average Bonchev–Trinajstić information content (AvgIpc) is 4.24. The van der Waals surface area contributed by atoms with E-state index in [9.17, 15) is 19.2 Å². The molecule has 0 bridgehead atoms. The molecule has 16 heteroatoms. The summed E-state index contributed by atoms with van der Waals surface area (Å²) in [6.45, 7) is 10.3. The molecule has 350 valence electrons. The Morgan fingerprint density at radius 1 is 0.652 bits per heavy atom. The van der Waals surface area contributed by atoms with Gasteiger partial charge in [-0.25, -0.2) is 28.4 Å². The topological polar surface area (TPSA) is 161 Å². The van der Waals surface area contributed by atoms with Crippen LogP contribution in [0.25, 0.3) is 33.5 Å². The van der Waals surface area contributed by atoms with E-state index in [1.807, 2.05) is 108 Å². The molecule has 3 fully saturated rings. The number of hydrogen-bond donors (Lipinski definition) is 4. The van der Waals surface area contributed by atoms with Crippen molar-refractivity contribution in [3.8, 4) is 22.3 Å². The van der Waals surface area contributed by atoms with E-state index in [1.165, 1.54) is 0 Å². The van der Waals surface area contributed by atoms with Crippen LogP contribution in [-0.4, -0.2) is 52.3 Å². The van der Waals surface area contributed by atoms with Crippen LogP contribution in [0.3, 0.4) is 0 Å². The van der Waals surface area contributed by atoms with E-state index in [4.69, 9.17) is 33.2 Å². The van der Waals surface area contributed by atoms with Crippen molar-refractivity contribution in [2.24, 2.45) is 0 Å². The van der Waals surface area contributed by atoms with E-state index in [2.05, 4.69) is 21.3 Å². The van der Waals surface area contributed by atoms with Gasteiger partial charge in [0.15, 0.2) is 11.3 Å². The number of benzene rings is 4. The molecule has 4 aromatic carbocycles. The number of nitrogens with one attached hydrogen (secondary N) is 4. The molecule has 4 N–H and O–H groups in total. The number of nitrogens with zero attached hydrogens (tertiary/aromatic N) is 6. The number of carbonyl (C=O) groups is 2. The van der Waals surface area contributed by atoms with Crippen molar-refractivity contribution in [1.29, 1.82) is 0 Å². The first kappa shape index (κ1) is 44.4. The highest BCUT2D eigenvalue weighted by Crippen LogP contribution is 2.46. The molecule has 3 aliphatic rings. The lowest BCUT2D eigenvalue weighted by molar-refractivity contribution is 0.0942. The maximum absolute atomic E-state index is 14.3. The predicted molar refractivity (Wildman–Crippen MR) is 271 cm³/mol. The highest BCUT2D eigenvalue weighted by molar-refractivity contribution is 6.39. The summed E-state index contributed by atoms with van der Waals surface area (Å²) in [5.74, 6) is -0.359. The normalized spacial score (nSPS) is 16.5. The lowest BCUT2D eigenvalue weighted by Crippen LogP contribution is -2.26. The van der Waals surface area contributed by atoms with Crippen molar-refractivity contribution in [1.82, 2.24) is 39.0 Å². The van der Waals surface area contributed by atoms with Crippen LogP contribution in [0.2, 0.25) is 10.0 Å². The van der Waals surface area contributed by atoms with Gasteiger partial charge in [0.2, 0.25) is 0 Å². The zero-order valence-corrected chi connectivity index (χ0v) is 40.3. The second-order valence-electron chi connectivity index (χ2n) is 18.8. The zero-order chi connectivity index (χ0) is 48.0. The highest BCUT2D eigenvalue weighted by Gasteiger charge is 2.41. The van der Waals surface area contributed by atoms with Crippen LogP contribution in [0, 0.1) is 27.7 Å². The van der Waals surface area contributed by atoms with Crippen molar-refractivity contribution >= 4 is 69.1 Å². The number of aryl methyl sites for hydroxylation is 5. The van der Waals surface area contributed by atoms with Gasteiger partial charge in [0.05, 0.1) is 63.4 Å². The van der Waals surface area contributed by atoms with Gasteiger partial charge < -0.3 is 21.3 Å². The largest absolute Gasteiger partial charge is 0.353 e. The predicted octanol–water partition coefficient (Wildman–Crippen LogP) is 10.2. The van der Waals surface area contributed by atoms with Gasteiger partial charge in [-0.15, -0.1) is 0 Å². The maximum Gasteiger partial charge on any atom is 0.277 e. The number of carbonyl (C=O) groups excluding carboxylic acids is 2. The third-order valence-electron chi connectivity index (χ3n) is 13.7. The quantitative estimate of drug-likeness (QED) is 0.0888. The van der Waals surface area contributed by atoms with Crippen molar-refractivity contribution in [3.05, 3.63) is 161 Å². The number of amides is 2. The number of halogens is 2. The van der Waals surface area contributed by atoms with Gasteiger partial charge in [-0.1, -0.05) is 53.5 Å². The Morgan fingerprint density at radius 3 is 1.77 bits per heavy atom. The van der Waals surface area contributed by atoms with Gasteiger partial charge in [0, 0.05) is 52.6 Å². The number of aromatic nitrogens is 6. The van der Waals surface area contributed by atoms with Gasteiger partial charge in [0.1, 0.15) is 0 Å². The lowest BCUT2D eigenvalue weighted by Gasteiger charge is -2.13. The Bertz CT molecular complexity index is 3540. The molecule has 0 radical (unpaired) electrons. The van der Waals surface area contributed by atoms with E-state index in [0.29, 0.717) is 73.5 Å². The van der Waals surface area contributed by atoms with Gasteiger partial charge in [-0.2, -0.15) is 0 Å². The molecule has 0 spiro atoms. The SMILES string of the molecule is CCn1c(=O)c(-c2c(C)cccc2C)c2ncc(Nc3cc(C(=O)NC4CC4c4cc(Cl)c(-c5c(=O)n(C6CC6)n6cc(Nc7cc(C(=O)NC8CC8)ccc7C)cnc56)c(Cl)c4)ccc3C)cn21. The summed E-state index contributed by atoms with van der Waals surface area (Å²) in [5.41, 5.74) is 11.5. The summed E-state index contributed by atoms with van der Waals surface area (Å²) >= 11 is 14.1. The van der Waals surface area contributed by atoms with E-state index in [1.54, 1.807) is 36.9 Å². The molecule has 4 aromatic heterocycles. The fourth-order valence-corrected chi connectivity index (χ4v) is 10.2. The standard InChI is InChI=1S/C53H50Cl2N10O4/c1-6-62-52(68)46(44-29(4)8-7-9-30(44)5)48-56-23-35(25-63(48)62)58-42-21-32(13-11-28(42)3)51(67)61-43-22-38(43)33-18-39(54)45(40(55)19-33)47-49-57-24-36(26-64(49)65(53(47)69)37-16-17-37)59-41-20-31(12-10-27(41)2)50(66)60-34-14-15-34/h7-13,18-21,23-26,34,37-38,43,58-59H,6,14-17,22H2,1-5H3,(H,60,66)(H,61,67). The minimum atomic E-state index is -0.234. The van der Waals surface area contributed by atoms with Gasteiger partial charge >= 0.3 is 0 Å². The van der Waals surface area contributed by atoms with Crippen LogP contribution in [0.4, 0.5) is 22.7 Å². The zero-order valence-electron chi connectivity index (χ0n) is 38.8. The second kappa shape index (κ2) is 17.1. The Labute approximate surface area is 407 Å².